The van der Waals surface area contributed by atoms with Gasteiger partial charge in [0.05, 0.1) is 0 Å². The summed E-state index contributed by atoms with van der Waals surface area (Å²) in [4.78, 5) is 0. The molecule has 0 radical (unpaired) electrons. The molecular formula is C16H19ClO2. The van der Waals surface area contributed by atoms with Crippen molar-refractivity contribution >= 4 is 11.6 Å². The van der Waals surface area contributed by atoms with Crippen LogP contribution in [0.1, 0.15) is 18.9 Å². The van der Waals surface area contributed by atoms with E-state index < -0.39 is 0 Å². The topological polar surface area (TPSA) is 29.5 Å². The molecule has 1 N–H and O–H groups in total. The minimum Gasteiger partial charge on any atom is -0.489 e. The van der Waals surface area contributed by atoms with Crippen molar-refractivity contribution in [2.75, 3.05) is 6.61 Å². The van der Waals surface area contributed by atoms with Gasteiger partial charge in [-0.25, -0.2) is 0 Å². The fourth-order valence-corrected chi connectivity index (χ4v) is 1.52. The summed E-state index contributed by atoms with van der Waals surface area (Å²) in [6, 6.07) is 17.4. The van der Waals surface area contributed by atoms with Crippen LogP contribution in [0.2, 0.25) is 5.02 Å². The standard InChI is InChI=1S/C13H11ClO.C3H8O/c14-12-6-4-5-11(9-12)10-15-13-7-2-1-3-8-13;1-2-3-4/h1-9H,10H2;4H,2-3H2,1H3. The maximum atomic E-state index is 7.88. The summed E-state index contributed by atoms with van der Waals surface area (Å²) in [6.07, 6.45) is 0.875. The second-order valence-corrected chi connectivity index (χ2v) is 4.39. The van der Waals surface area contributed by atoms with Crippen LogP contribution in [-0.4, -0.2) is 11.7 Å². The van der Waals surface area contributed by atoms with Crippen molar-refractivity contribution in [3.8, 4) is 5.75 Å². The zero-order valence-corrected chi connectivity index (χ0v) is 11.8. The lowest BCUT2D eigenvalue weighted by molar-refractivity contribution is 0.295. The maximum Gasteiger partial charge on any atom is 0.119 e. The SMILES string of the molecule is CCCO.Clc1cccc(COc2ccccc2)c1. The van der Waals surface area contributed by atoms with Gasteiger partial charge in [0.2, 0.25) is 0 Å². The fourth-order valence-electron chi connectivity index (χ4n) is 1.31. The van der Waals surface area contributed by atoms with E-state index in [1.54, 1.807) is 0 Å². The van der Waals surface area contributed by atoms with Crippen LogP contribution < -0.4 is 4.74 Å². The highest BCUT2D eigenvalue weighted by Crippen LogP contribution is 2.14. The number of halogens is 1. The summed E-state index contributed by atoms with van der Waals surface area (Å²) in [7, 11) is 0. The minimum absolute atomic E-state index is 0.319. The van der Waals surface area contributed by atoms with Crippen LogP contribution in [0.5, 0.6) is 5.75 Å². The van der Waals surface area contributed by atoms with E-state index in [2.05, 4.69) is 0 Å². The Morgan fingerprint density at radius 3 is 2.32 bits per heavy atom. The summed E-state index contributed by atoms with van der Waals surface area (Å²) >= 11 is 5.87. The number of rotatable bonds is 4. The van der Waals surface area contributed by atoms with Gasteiger partial charge in [-0.3, -0.25) is 0 Å². The zero-order chi connectivity index (χ0) is 13.9. The first kappa shape index (κ1) is 15.5. The van der Waals surface area contributed by atoms with Crippen molar-refractivity contribution in [1.29, 1.82) is 0 Å². The van der Waals surface area contributed by atoms with Gasteiger partial charge in [-0.2, -0.15) is 0 Å². The van der Waals surface area contributed by atoms with Crippen molar-refractivity contribution in [3.63, 3.8) is 0 Å². The van der Waals surface area contributed by atoms with Crippen LogP contribution in [0.3, 0.4) is 0 Å². The number of hydrogen-bond acceptors (Lipinski definition) is 2. The Hall–Kier alpha value is -1.51. The van der Waals surface area contributed by atoms with Gasteiger partial charge in [-0.05, 0) is 36.2 Å². The van der Waals surface area contributed by atoms with E-state index in [4.69, 9.17) is 21.4 Å². The molecule has 0 fully saturated rings. The van der Waals surface area contributed by atoms with Gasteiger partial charge in [0.1, 0.15) is 12.4 Å². The highest BCUT2D eigenvalue weighted by molar-refractivity contribution is 6.30. The quantitative estimate of drug-likeness (QED) is 0.903. The number of para-hydroxylation sites is 1. The molecule has 2 nitrogen and oxygen atoms in total. The molecule has 0 amide bonds. The molecule has 19 heavy (non-hydrogen) atoms. The molecule has 0 bridgehead atoms. The molecule has 3 heteroatoms. The Morgan fingerprint density at radius 2 is 1.74 bits per heavy atom. The van der Waals surface area contributed by atoms with Crippen LogP contribution in [-0.2, 0) is 6.61 Å². The van der Waals surface area contributed by atoms with Crippen molar-refractivity contribution in [2.45, 2.75) is 20.0 Å². The van der Waals surface area contributed by atoms with Gasteiger partial charge < -0.3 is 9.84 Å². The molecule has 0 saturated heterocycles. The lowest BCUT2D eigenvalue weighted by Gasteiger charge is -2.05. The van der Waals surface area contributed by atoms with E-state index in [1.165, 1.54) is 0 Å². The van der Waals surface area contributed by atoms with Gasteiger partial charge in [-0.1, -0.05) is 48.9 Å². The molecular weight excluding hydrogens is 260 g/mol. The van der Waals surface area contributed by atoms with Crippen LogP contribution >= 0.6 is 11.6 Å². The average Bonchev–Trinajstić information content (AvgIpc) is 2.47. The normalized spacial score (nSPS) is 9.42. The average molecular weight is 279 g/mol. The summed E-state index contributed by atoms with van der Waals surface area (Å²) in [5.41, 5.74) is 1.08. The highest BCUT2D eigenvalue weighted by Gasteiger charge is 1.95. The van der Waals surface area contributed by atoms with Crippen molar-refractivity contribution in [3.05, 3.63) is 65.2 Å². The molecule has 0 spiro atoms. The van der Waals surface area contributed by atoms with Gasteiger partial charge in [0.15, 0.2) is 0 Å². The van der Waals surface area contributed by atoms with E-state index in [0.717, 1.165) is 22.8 Å². The Labute approximate surface area is 119 Å². The van der Waals surface area contributed by atoms with Crippen LogP contribution in [0.25, 0.3) is 0 Å². The predicted molar refractivity (Wildman–Crippen MR) is 79.6 cm³/mol. The second kappa shape index (κ2) is 9.42. The highest BCUT2D eigenvalue weighted by atomic mass is 35.5. The Balaban J connectivity index is 0.000000399. The van der Waals surface area contributed by atoms with E-state index in [0.29, 0.717) is 13.2 Å². The lowest BCUT2D eigenvalue weighted by atomic mass is 10.2. The van der Waals surface area contributed by atoms with Crippen LogP contribution in [0.4, 0.5) is 0 Å². The maximum absolute atomic E-state index is 7.88. The Bertz CT molecular complexity index is 455. The number of hydrogen-bond donors (Lipinski definition) is 1. The van der Waals surface area contributed by atoms with E-state index in [9.17, 15) is 0 Å². The monoisotopic (exact) mass is 278 g/mol. The van der Waals surface area contributed by atoms with Crippen LogP contribution in [0.15, 0.2) is 54.6 Å². The molecule has 0 heterocycles. The molecule has 0 aromatic heterocycles. The van der Waals surface area contributed by atoms with E-state index >= 15 is 0 Å². The summed E-state index contributed by atoms with van der Waals surface area (Å²) in [5, 5.41) is 8.61. The lowest BCUT2D eigenvalue weighted by Crippen LogP contribution is -1.94. The summed E-state index contributed by atoms with van der Waals surface area (Å²) in [5.74, 6) is 0.873. The summed E-state index contributed by atoms with van der Waals surface area (Å²) in [6.45, 7) is 2.80. The molecule has 102 valence electrons. The second-order valence-electron chi connectivity index (χ2n) is 3.96. The first-order valence-corrected chi connectivity index (χ1v) is 6.67. The smallest absolute Gasteiger partial charge is 0.119 e. The third-order valence-corrected chi connectivity index (χ3v) is 2.50. The van der Waals surface area contributed by atoms with Gasteiger partial charge in [0.25, 0.3) is 0 Å². The van der Waals surface area contributed by atoms with Crippen LogP contribution in [0, 0.1) is 0 Å². The Kier molecular flexibility index (Phi) is 7.71. The summed E-state index contributed by atoms with van der Waals surface area (Å²) < 4.78 is 5.59. The third kappa shape index (κ3) is 6.85. The van der Waals surface area contributed by atoms with Crippen molar-refractivity contribution < 1.29 is 9.84 Å². The van der Waals surface area contributed by atoms with Gasteiger partial charge in [0, 0.05) is 11.6 Å². The molecule has 0 aliphatic rings. The molecule has 0 unspecified atom stereocenters. The molecule has 2 aromatic rings. The third-order valence-electron chi connectivity index (χ3n) is 2.26. The van der Waals surface area contributed by atoms with Gasteiger partial charge >= 0.3 is 0 Å². The zero-order valence-electron chi connectivity index (χ0n) is 11.1. The van der Waals surface area contributed by atoms with Gasteiger partial charge in [-0.15, -0.1) is 0 Å². The number of aliphatic hydroxyl groups excluding tert-OH is 1. The molecule has 0 aliphatic carbocycles. The number of ether oxygens (including phenoxy) is 1. The minimum atomic E-state index is 0.319. The molecule has 0 saturated carbocycles. The molecule has 2 aromatic carbocycles. The Morgan fingerprint density at radius 1 is 1.05 bits per heavy atom. The van der Waals surface area contributed by atoms with Crippen molar-refractivity contribution in [1.82, 2.24) is 0 Å². The van der Waals surface area contributed by atoms with E-state index in [1.807, 2.05) is 61.5 Å². The van der Waals surface area contributed by atoms with E-state index in [-0.39, 0.29) is 0 Å². The predicted octanol–water partition coefficient (Wildman–Crippen LogP) is 4.31. The largest absolute Gasteiger partial charge is 0.489 e. The molecule has 0 aliphatic heterocycles. The number of benzene rings is 2. The molecule has 0 atom stereocenters. The fraction of sp³-hybridized carbons (Fsp3) is 0.250. The van der Waals surface area contributed by atoms with Crippen molar-refractivity contribution in [2.24, 2.45) is 0 Å². The first-order chi connectivity index (χ1) is 9.26. The molecule has 2 rings (SSSR count). The number of aliphatic hydroxyl groups is 1. The first-order valence-electron chi connectivity index (χ1n) is 6.29.